The molecule has 0 aliphatic heterocycles. The van der Waals surface area contributed by atoms with Gasteiger partial charge < -0.3 is 10.4 Å². The molecule has 3 nitrogen and oxygen atoms in total. The summed E-state index contributed by atoms with van der Waals surface area (Å²) in [5.41, 5.74) is 1.07. The van der Waals surface area contributed by atoms with Crippen molar-refractivity contribution in [1.29, 1.82) is 0 Å². The molecule has 110 valence electrons. The van der Waals surface area contributed by atoms with Gasteiger partial charge in [0, 0.05) is 13.0 Å². The van der Waals surface area contributed by atoms with Crippen LogP contribution in [0.3, 0.4) is 0 Å². The van der Waals surface area contributed by atoms with Gasteiger partial charge in [0.05, 0.1) is 6.04 Å². The lowest BCUT2D eigenvalue weighted by atomic mass is 9.86. The zero-order valence-corrected chi connectivity index (χ0v) is 12.1. The van der Waals surface area contributed by atoms with Crippen molar-refractivity contribution < 1.29 is 9.90 Å². The number of aliphatic hydroxyl groups excluding tert-OH is 1. The summed E-state index contributed by atoms with van der Waals surface area (Å²) in [6.07, 6.45) is 7.41. The molecule has 1 unspecified atom stereocenters. The van der Waals surface area contributed by atoms with E-state index in [2.05, 4.69) is 5.32 Å². The van der Waals surface area contributed by atoms with Crippen LogP contribution in [0.15, 0.2) is 30.3 Å². The number of carbonyl (C=O) groups excluding carboxylic acids is 1. The Morgan fingerprint density at radius 3 is 2.55 bits per heavy atom. The monoisotopic (exact) mass is 275 g/mol. The van der Waals surface area contributed by atoms with Crippen molar-refractivity contribution in [2.24, 2.45) is 5.92 Å². The number of nitrogens with one attached hydrogen (secondary N) is 1. The second kappa shape index (κ2) is 8.05. The average Bonchev–Trinajstić information content (AvgIpc) is 2.49. The van der Waals surface area contributed by atoms with Crippen molar-refractivity contribution in [2.45, 2.75) is 51.0 Å². The number of benzene rings is 1. The third kappa shape index (κ3) is 4.64. The third-order valence-electron chi connectivity index (χ3n) is 4.15. The summed E-state index contributed by atoms with van der Waals surface area (Å²) < 4.78 is 0. The Kier molecular flexibility index (Phi) is 6.06. The fraction of sp³-hybridized carbons (Fsp3) is 0.588. The number of carbonyl (C=O) groups is 1. The third-order valence-corrected chi connectivity index (χ3v) is 4.15. The topological polar surface area (TPSA) is 49.3 Å². The fourth-order valence-corrected chi connectivity index (χ4v) is 3.04. The normalized spacial score (nSPS) is 17.6. The lowest BCUT2D eigenvalue weighted by molar-refractivity contribution is -0.123. The number of hydrogen-bond donors (Lipinski definition) is 2. The summed E-state index contributed by atoms with van der Waals surface area (Å²) in [7, 11) is 0. The van der Waals surface area contributed by atoms with E-state index in [9.17, 15) is 9.90 Å². The molecule has 0 bridgehead atoms. The van der Waals surface area contributed by atoms with E-state index in [4.69, 9.17) is 0 Å². The van der Waals surface area contributed by atoms with Crippen molar-refractivity contribution in [3.05, 3.63) is 35.9 Å². The molecule has 0 saturated heterocycles. The zero-order valence-electron chi connectivity index (χ0n) is 12.1. The lowest BCUT2D eigenvalue weighted by Gasteiger charge is -2.23. The van der Waals surface area contributed by atoms with E-state index in [-0.39, 0.29) is 18.6 Å². The molecule has 20 heavy (non-hydrogen) atoms. The molecular weight excluding hydrogens is 250 g/mol. The van der Waals surface area contributed by atoms with Crippen LogP contribution < -0.4 is 5.32 Å². The van der Waals surface area contributed by atoms with Crippen molar-refractivity contribution in [2.75, 3.05) is 6.61 Å². The maximum atomic E-state index is 12.2. The molecule has 1 fully saturated rings. The van der Waals surface area contributed by atoms with Gasteiger partial charge in [-0.15, -0.1) is 0 Å². The zero-order chi connectivity index (χ0) is 14.2. The van der Waals surface area contributed by atoms with Gasteiger partial charge in [-0.1, -0.05) is 49.6 Å². The SMILES string of the molecule is O=C(CC1CCCCC1)NC(CCO)c1ccccc1. The first-order valence-electron chi connectivity index (χ1n) is 7.74. The van der Waals surface area contributed by atoms with Crippen LogP contribution in [0.5, 0.6) is 0 Å². The highest BCUT2D eigenvalue weighted by atomic mass is 16.3. The summed E-state index contributed by atoms with van der Waals surface area (Å²) in [4.78, 5) is 12.2. The number of rotatable bonds is 6. The Labute approximate surface area is 121 Å². The maximum Gasteiger partial charge on any atom is 0.220 e. The Balaban J connectivity index is 1.88. The largest absolute Gasteiger partial charge is 0.396 e. The summed E-state index contributed by atoms with van der Waals surface area (Å²) in [5, 5.41) is 12.3. The number of aliphatic hydroxyl groups is 1. The molecule has 1 amide bonds. The minimum Gasteiger partial charge on any atom is -0.396 e. The Bertz CT molecular complexity index is 399. The average molecular weight is 275 g/mol. The molecule has 0 radical (unpaired) electrons. The van der Waals surface area contributed by atoms with E-state index >= 15 is 0 Å². The van der Waals surface area contributed by atoms with E-state index in [0.29, 0.717) is 18.8 Å². The molecule has 0 aromatic heterocycles. The molecule has 3 heteroatoms. The standard InChI is InChI=1S/C17H25NO2/c19-12-11-16(15-9-5-2-6-10-15)18-17(20)13-14-7-3-1-4-8-14/h2,5-6,9-10,14,16,19H,1,3-4,7-8,11-13H2,(H,18,20). The van der Waals surface area contributed by atoms with Gasteiger partial charge in [0.25, 0.3) is 0 Å². The molecule has 1 aromatic rings. The summed E-state index contributed by atoms with van der Waals surface area (Å²) in [5.74, 6) is 0.675. The summed E-state index contributed by atoms with van der Waals surface area (Å²) >= 11 is 0. The van der Waals surface area contributed by atoms with E-state index in [1.165, 1.54) is 32.1 Å². The first-order valence-corrected chi connectivity index (χ1v) is 7.74. The molecule has 2 N–H and O–H groups in total. The van der Waals surface area contributed by atoms with Crippen LogP contribution in [0, 0.1) is 5.92 Å². The van der Waals surface area contributed by atoms with Gasteiger partial charge in [0.15, 0.2) is 0 Å². The molecular formula is C17H25NO2. The number of hydrogen-bond acceptors (Lipinski definition) is 2. The quantitative estimate of drug-likeness (QED) is 0.837. The molecule has 1 aliphatic rings. The molecule has 1 aliphatic carbocycles. The van der Waals surface area contributed by atoms with E-state index in [1.807, 2.05) is 30.3 Å². The highest BCUT2D eigenvalue weighted by Crippen LogP contribution is 2.26. The Hall–Kier alpha value is -1.35. The van der Waals surface area contributed by atoms with Crippen LogP contribution in [-0.4, -0.2) is 17.6 Å². The van der Waals surface area contributed by atoms with Gasteiger partial charge in [-0.25, -0.2) is 0 Å². The minimum absolute atomic E-state index is 0.0720. The molecule has 1 aromatic carbocycles. The van der Waals surface area contributed by atoms with Gasteiger partial charge in [-0.3, -0.25) is 4.79 Å². The van der Waals surface area contributed by atoms with Crippen molar-refractivity contribution in [3.63, 3.8) is 0 Å². The number of amides is 1. The predicted octanol–water partition coefficient (Wildman–Crippen LogP) is 3.20. The van der Waals surface area contributed by atoms with E-state index < -0.39 is 0 Å². The highest BCUT2D eigenvalue weighted by Gasteiger charge is 2.19. The van der Waals surface area contributed by atoms with Gasteiger partial charge in [-0.05, 0) is 30.7 Å². The molecule has 0 heterocycles. The van der Waals surface area contributed by atoms with Crippen molar-refractivity contribution >= 4 is 5.91 Å². The van der Waals surface area contributed by atoms with Gasteiger partial charge in [0.1, 0.15) is 0 Å². The summed E-state index contributed by atoms with van der Waals surface area (Å²) in [6.45, 7) is 0.0866. The van der Waals surface area contributed by atoms with E-state index in [1.54, 1.807) is 0 Å². The first kappa shape index (κ1) is 15.0. The molecule has 2 rings (SSSR count). The van der Waals surface area contributed by atoms with Crippen LogP contribution in [0.1, 0.15) is 56.6 Å². The maximum absolute atomic E-state index is 12.2. The lowest BCUT2D eigenvalue weighted by Crippen LogP contribution is -2.31. The second-order valence-corrected chi connectivity index (χ2v) is 5.75. The summed E-state index contributed by atoms with van der Waals surface area (Å²) in [6, 6.07) is 9.82. The highest BCUT2D eigenvalue weighted by molar-refractivity contribution is 5.76. The van der Waals surface area contributed by atoms with Crippen molar-refractivity contribution in [3.8, 4) is 0 Å². The van der Waals surface area contributed by atoms with Crippen molar-refractivity contribution in [1.82, 2.24) is 5.32 Å². The van der Waals surface area contributed by atoms with Crippen LogP contribution >= 0.6 is 0 Å². The predicted molar refractivity (Wildman–Crippen MR) is 80.2 cm³/mol. The van der Waals surface area contributed by atoms with Crippen LogP contribution in [0.2, 0.25) is 0 Å². The van der Waals surface area contributed by atoms with Gasteiger partial charge in [-0.2, -0.15) is 0 Å². The van der Waals surface area contributed by atoms with Crippen LogP contribution in [-0.2, 0) is 4.79 Å². The molecule has 1 saturated carbocycles. The first-order chi connectivity index (χ1) is 9.79. The molecule has 1 atom stereocenters. The Morgan fingerprint density at radius 2 is 1.90 bits per heavy atom. The minimum atomic E-state index is -0.0720. The van der Waals surface area contributed by atoms with Gasteiger partial charge >= 0.3 is 0 Å². The van der Waals surface area contributed by atoms with Crippen LogP contribution in [0.25, 0.3) is 0 Å². The molecule has 0 spiro atoms. The van der Waals surface area contributed by atoms with Gasteiger partial charge in [0.2, 0.25) is 5.91 Å². The second-order valence-electron chi connectivity index (χ2n) is 5.75. The Morgan fingerprint density at radius 1 is 1.20 bits per heavy atom. The smallest absolute Gasteiger partial charge is 0.220 e. The van der Waals surface area contributed by atoms with E-state index in [0.717, 1.165) is 5.56 Å². The van der Waals surface area contributed by atoms with Crippen LogP contribution in [0.4, 0.5) is 0 Å². The fourth-order valence-electron chi connectivity index (χ4n) is 3.04.